The Morgan fingerprint density at radius 3 is 3.11 bits per heavy atom. The molecule has 1 saturated heterocycles. The maximum absolute atomic E-state index is 13.5. The number of halogens is 1. The Hall–Kier alpha value is -1.62. The second kappa shape index (κ2) is 5.82. The number of anilines is 1. The van der Waals surface area contributed by atoms with Gasteiger partial charge in [-0.15, -0.1) is 0 Å². The zero-order valence-electron chi connectivity index (χ0n) is 10.3. The fraction of sp³-hybridized carbons (Fsp3) is 0.462. The number of carbonyl (C=O) groups is 1. The van der Waals surface area contributed by atoms with Crippen LogP contribution in [0.1, 0.15) is 19.3 Å². The monoisotopic (exact) mass is 252 g/mol. The fourth-order valence-corrected chi connectivity index (χ4v) is 2.08. The second-order valence-corrected chi connectivity index (χ2v) is 4.39. The maximum Gasteiger partial charge on any atom is 0.226 e. The average molecular weight is 252 g/mol. The van der Waals surface area contributed by atoms with Crippen molar-refractivity contribution < 1.29 is 13.9 Å². The van der Waals surface area contributed by atoms with Gasteiger partial charge in [-0.3, -0.25) is 4.79 Å². The van der Waals surface area contributed by atoms with Gasteiger partial charge < -0.3 is 15.4 Å². The number of hydrogen-bond acceptors (Lipinski definition) is 3. The molecular formula is C13H17FN2O2. The zero-order valence-corrected chi connectivity index (χ0v) is 10.3. The molecule has 0 aromatic heterocycles. The topological polar surface area (TPSA) is 50.4 Å². The Morgan fingerprint density at radius 2 is 2.44 bits per heavy atom. The van der Waals surface area contributed by atoms with Crippen LogP contribution in [0.5, 0.6) is 5.75 Å². The lowest BCUT2D eigenvalue weighted by atomic mass is 10.1. The lowest BCUT2D eigenvalue weighted by Crippen LogP contribution is -2.27. The van der Waals surface area contributed by atoms with Crippen LogP contribution in [-0.4, -0.2) is 25.6 Å². The van der Waals surface area contributed by atoms with Crippen molar-refractivity contribution in [1.29, 1.82) is 0 Å². The molecule has 0 aliphatic carbocycles. The first-order valence-corrected chi connectivity index (χ1v) is 6.06. The molecule has 1 heterocycles. The summed E-state index contributed by atoms with van der Waals surface area (Å²) in [6.07, 6.45) is 2.45. The van der Waals surface area contributed by atoms with Crippen LogP contribution in [0.4, 0.5) is 10.1 Å². The van der Waals surface area contributed by atoms with Crippen LogP contribution in [-0.2, 0) is 4.79 Å². The minimum Gasteiger partial charge on any atom is -0.497 e. The molecule has 1 amide bonds. The van der Waals surface area contributed by atoms with Crippen LogP contribution in [0.3, 0.4) is 0 Å². The van der Waals surface area contributed by atoms with Crippen LogP contribution >= 0.6 is 0 Å². The molecule has 4 nitrogen and oxygen atoms in total. The van der Waals surface area contributed by atoms with Gasteiger partial charge in [0.25, 0.3) is 0 Å². The first-order chi connectivity index (χ1) is 8.69. The van der Waals surface area contributed by atoms with E-state index in [4.69, 9.17) is 4.74 Å². The lowest BCUT2D eigenvalue weighted by molar-refractivity contribution is -0.116. The van der Waals surface area contributed by atoms with Crippen LogP contribution in [0.2, 0.25) is 0 Å². The quantitative estimate of drug-likeness (QED) is 0.860. The maximum atomic E-state index is 13.5. The van der Waals surface area contributed by atoms with Crippen molar-refractivity contribution in [3.05, 3.63) is 24.0 Å². The van der Waals surface area contributed by atoms with Crippen LogP contribution in [0.25, 0.3) is 0 Å². The molecule has 98 valence electrons. The third-order valence-electron chi connectivity index (χ3n) is 3.04. The molecule has 1 aliphatic heterocycles. The summed E-state index contributed by atoms with van der Waals surface area (Å²) in [5.41, 5.74) is 0.164. The van der Waals surface area contributed by atoms with Crippen LogP contribution in [0, 0.1) is 5.82 Å². The van der Waals surface area contributed by atoms with Crippen LogP contribution in [0.15, 0.2) is 18.2 Å². The Morgan fingerprint density at radius 1 is 1.61 bits per heavy atom. The van der Waals surface area contributed by atoms with E-state index >= 15 is 0 Å². The van der Waals surface area contributed by atoms with Gasteiger partial charge in [-0.05, 0) is 31.5 Å². The van der Waals surface area contributed by atoms with Gasteiger partial charge in [0.05, 0.1) is 12.8 Å². The van der Waals surface area contributed by atoms with Gasteiger partial charge in [0.2, 0.25) is 5.91 Å². The van der Waals surface area contributed by atoms with Crippen molar-refractivity contribution in [2.75, 3.05) is 19.0 Å². The van der Waals surface area contributed by atoms with Crippen molar-refractivity contribution >= 4 is 11.6 Å². The minimum absolute atomic E-state index is 0.164. The first kappa shape index (κ1) is 12.8. The highest BCUT2D eigenvalue weighted by Crippen LogP contribution is 2.21. The van der Waals surface area contributed by atoms with Gasteiger partial charge in [0.1, 0.15) is 11.6 Å². The molecule has 0 bridgehead atoms. The number of nitrogens with one attached hydrogen (secondary N) is 2. The molecule has 0 radical (unpaired) electrons. The fourth-order valence-electron chi connectivity index (χ4n) is 2.08. The molecule has 0 spiro atoms. The van der Waals surface area contributed by atoms with E-state index < -0.39 is 5.82 Å². The van der Waals surface area contributed by atoms with E-state index in [1.165, 1.54) is 25.3 Å². The van der Waals surface area contributed by atoms with Crippen molar-refractivity contribution in [3.63, 3.8) is 0 Å². The van der Waals surface area contributed by atoms with Gasteiger partial charge in [-0.25, -0.2) is 4.39 Å². The summed E-state index contributed by atoms with van der Waals surface area (Å²) in [7, 11) is 1.50. The Bertz CT molecular complexity index is 431. The normalized spacial score (nSPS) is 18.7. The molecule has 18 heavy (non-hydrogen) atoms. The molecule has 1 atom stereocenters. The van der Waals surface area contributed by atoms with E-state index in [2.05, 4.69) is 10.6 Å². The number of hydrogen-bond donors (Lipinski definition) is 2. The molecule has 1 unspecified atom stereocenters. The van der Waals surface area contributed by atoms with Crippen LogP contribution < -0.4 is 15.4 Å². The number of methoxy groups -OCH3 is 1. The summed E-state index contributed by atoms with van der Waals surface area (Å²) < 4.78 is 18.5. The van der Waals surface area contributed by atoms with Gasteiger partial charge in [0.15, 0.2) is 0 Å². The molecule has 2 rings (SSSR count). The van der Waals surface area contributed by atoms with Gasteiger partial charge in [-0.2, -0.15) is 0 Å². The van der Waals surface area contributed by atoms with Crippen molar-refractivity contribution in [2.24, 2.45) is 0 Å². The van der Waals surface area contributed by atoms with Crippen molar-refractivity contribution in [1.82, 2.24) is 5.32 Å². The smallest absolute Gasteiger partial charge is 0.226 e. The average Bonchev–Trinajstić information content (AvgIpc) is 2.84. The predicted molar refractivity (Wildman–Crippen MR) is 67.2 cm³/mol. The highest BCUT2D eigenvalue weighted by Gasteiger charge is 2.18. The Balaban J connectivity index is 1.97. The van der Waals surface area contributed by atoms with Gasteiger partial charge in [-0.1, -0.05) is 0 Å². The molecule has 2 N–H and O–H groups in total. The second-order valence-electron chi connectivity index (χ2n) is 4.39. The molecule has 1 aromatic rings. The molecule has 0 saturated carbocycles. The number of carbonyl (C=O) groups excluding carboxylic acids is 1. The lowest BCUT2D eigenvalue weighted by Gasteiger charge is -2.11. The first-order valence-electron chi connectivity index (χ1n) is 6.06. The molecule has 1 aliphatic rings. The largest absolute Gasteiger partial charge is 0.497 e. The highest BCUT2D eigenvalue weighted by atomic mass is 19.1. The van der Waals surface area contributed by atoms with E-state index in [0.717, 1.165) is 19.4 Å². The highest BCUT2D eigenvalue weighted by molar-refractivity contribution is 5.91. The summed E-state index contributed by atoms with van der Waals surface area (Å²) in [4.78, 5) is 11.8. The Kier molecular flexibility index (Phi) is 4.15. The van der Waals surface area contributed by atoms with Gasteiger partial charge >= 0.3 is 0 Å². The zero-order chi connectivity index (χ0) is 13.0. The number of amides is 1. The minimum atomic E-state index is -0.455. The van der Waals surface area contributed by atoms with Crippen molar-refractivity contribution in [3.8, 4) is 5.75 Å². The third-order valence-corrected chi connectivity index (χ3v) is 3.04. The molecule has 5 heteroatoms. The van der Waals surface area contributed by atoms with E-state index in [1.54, 1.807) is 0 Å². The predicted octanol–water partition coefficient (Wildman–Crippen LogP) is 1.91. The standard InChI is InChI=1S/C13H17FN2O2/c1-18-10-4-5-11(14)12(8-10)16-13(17)7-9-3-2-6-15-9/h4-5,8-9,15H,2-3,6-7H2,1H3,(H,16,17). The van der Waals surface area contributed by atoms with E-state index in [1.807, 2.05) is 0 Å². The summed E-state index contributed by atoms with van der Waals surface area (Å²) in [5.74, 6) is -0.115. The van der Waals surface area contributed by atoms with E-state index in [9.17, 15) is 9.18 Å². The molecule has 1 fully saturated rings. The summed E-state index contributed by atoms with van der Waals surface area (Å²) in [6.45, 7) is 0.950. The van der Waals surface area contributed by atoms with E-state index in [-0.39, 0.29) is 17.6 Å². The SMILES string of the molecule is COc1ccc(F)c(NC(=O)CC2CCCN2)c1. The summed E-state index contributed by atoms with van der Waals surface area (Å²) in [5, 5.41) is 5.81. The number of ether oxygens (including phenoxy) is 1. The third kappa shape index (κ3) is 3.20. The summed E-state index contributed by atoms with van der Waals surface area (Å²) in [6, 6.07) is 4.49. The number of rotatable bonds is 4. The van der Waals surface area contributed by atoms with E-state index in [0.29, 0.717) is 12.2 Å². The van der Waals surface area contributed by atoms with Crippen molar-refractivity contribution in [2.45, 2.75) is 25.3 Å². The van der Waals surface area contributed by atoms with Gasteiger partial charge in [0, 0.05) is 18.5 Å². The molecule has 1 aromatic carbocycles. The number of benzene rings is 1. The summed E-state index contributed by atoms with van der Waals surface area (Å²) >= 11 is 0. The molecular weight excluding hydrogens is 235 g/mol. The Labute approximate surface area is 106 Å².